The quantitative estimate of drug-likeness (QED) is 0.413. The van der Waals surface area contributed by atoms with Crippen LogP contribution in [0.25, 0.3) is 0 Å². The summed E-state index contributed by atoms with van der Waals surface area (Å²) in [6.45, 7) is 22.5. The number of ether oxygens (including phenoxy) is 1. The van der Waals surface area contributed by atoms with E-state index >= 15 is 0 Å². The van der Waals surface area contributed by atoms with Gasteiger partial charge in [-0.2, -0.15) is 0 Å². The number of hydrogen-bond donors (Lipinski definition) is 2. The third-order valence-corrected chi connectivity index (χ3v) is 13.4. The van der Waals surface area contributed by atoms with E-state index in [0.717, 1.165) is 24.9 Å². The van der Waals surface area contributed by atoms with E-state index in [-0.39, 0.29) is 22.3 Å². The number of esters is 1. The molecule has 0 unspecified atom stereocenters. The maximum Gasteiger partial charge on any atom is 0.302 e. The first-order chi connectivity index (χ1) is 16.7. The number of hydrogen-bond acceptors (Lipinski definition) is 4. The first-order valence-corrected chi connectivity index (χ1v) is 15.3. The number of fused-ring (bicyclic) bond motifs is 7. The second-order valence-corrected chi connectivity index (χ2v) is 16.1. The number of carbonyl (C=O) groups excluding carboxylic acids is 1. The lowest BCUT2D eigenvalue weighted by Crippen LogP contribution is -2.67. The predicted molar refractivity (Wildman–Crippen MR) is 148 cm³/mol. The SMILES string of the molecule is CC(=O)OC[C@]12CCC(C)(C)C[C@H]1[C@@H]1NCC[C@@H]3[C@@]4(C)CCCNC(C)(C)[C@@H]4CC[C@@]3(C)[C@]1(C)CC2. The second kappa shape index (κ2) is 8.70. The van der Waals surface area contributed by atoms with Gasteiger partial charge in [-0.05, 0) is 131 Å². The van der Waals surface area contributed by atoms with Gasteiger partial charge in [-0.25, -0.2) is 0 Å². The summed E-state index contributed by atoms with van der Waals surface area (Å²) in [6, 6.07) is 0.508. The van der Waals surface area contributed by atoms with Crippen molar-refractivity contribution in [3.63, 3.8) is 0 Å². The minimum absolute atomic E-state index is 0.113. The molecule has 0 amide bonds. The van der Waals surface area contributed by atoms with Crippen molar-refractivity contribution in [1.82, 2.24) is 10.6 Å². The summed E-state index contributed by atoms with van der Waals surface area (Å²) in [5.74, 6) is 1.96. The molecule has 5 aliphatic rings. The topological polar surface area (TPSA) is 50.4 Å². The van der Waals surface area contributed by atoms with Gasteiger partial charge in [0.05, 0.1) is 6.61 Å². The number of rotatable bonds is 2. The smallest absolute Gasteiger partial charge is 0.302 e. The summed E-state index contributed by atoms with van der Waals surface area (Å²) < 4.78 is 5.84. The predicted octanol–water partition coefficient (Wildman–Crippen LogP) is 6.73. The van der Waals surface area contributed by atoms with Crippen molar-refractivity contribution < 1.29 is 9.53 Å². The Balaban J connectivity index is 1.55. The lowest BCUT2D eigenvalue weighted by molar-refractivity contribution is -0.191. The summed E-state index contributed by atoms with van der Waals surface area (Å²) in [6.07, 6.45) is 12.8. The van der Waals surface area contributed by atoms with Crippen LogP contribution in [0.15, 0.2) is 0 Å². The summed E-state index contributed by atoms with van der Waals surface area (Å²) >= 11 is 0. The van der Waals surface area contributed by atoms with Gasteiger partial charge in [0, 0.05) is 23.9 Å². The molecule has 0 radical (unpaired) electrons. The lowest BCUT2D eigenvalue weighted by atomic mass is 9.37. The van der Waals surface area contributed by atoms with E-state index in [9.17, 15) is 4.79 Å². The highest BCUT2D eigenvalue weighted by Gasteiger charge is 2.68. The Labute approximate surface area is 221 Å². The van der Waals surface area contributed by atoms with Gasteiger partial charge in [0.2, 0.25) is 0 Å². The molecule has 2 aliphatic heterocycles. The monoisotopic (exact) mass is 500 g/mol. The van der Waals surface area contributed by atoms with Gasteiger partial charge >= 0.3 is 5.97 Å². The standard InChI is InChI=1S/C32H56N2O2/c1-22(35)36-21-32-16-14-27(2,3)20-23(32)26-31(8,15-17-32)30(7)13-10-24-28(4,5)34-18-9-12-29(24,6)25(30)11-19-33-26/h23-26,33-34H,9-21H2,1-8H3/t23-,24-,25+,26-,29-,30+,31+,32+/m0/s1. The van der Waals surface area contributed by atoms with Crippen LogP contribution in [0.3, 0.4) is 0 Å². The van der Waals surface area contributed by atoms with Crippen molar-refractivity contribution in [2.75, 3.05) is 19.7 Å². The molecule has 5 fully saturated rings. The molecule has 0 spiro atoms. The largest absolute Gasteiger partial charge is 0.465 e. The molecule has 36 heavy (non-hydrogen) atoms. The van der Waals surface area contributed by atoms with Crippen molar-refractivity contribution in [3.8, 4) is 0 Å². The normalized spacial score (nSPS) is 49.8. The average molecular weight is 501 g/mol. The fraction of sp³-hybridized carbons (Fsp3) is 0.969. The molecule has 2 heterocycles. The Bertz CT molecular complexity index is 868. The molecule has 0 aromatic rings. The summed E-state index contributed by atoms with van der Waals surface area (Å²) in [4.78, 5) is 11.9. The van der Waals surface area contributed by atoms with Crippen LogP contribution in [0.2, 0.25) is 0 Å². The molecule has 0 aromatic carbocycles. The molecule has 4 nitrogen and oxygen atoms in total. The first-order valence-electron chi connectivity index (χ1n) is 15.3. The van der Waals surface area contributed by atoms with Crippen LogP contribution < -0.4 is 10.6 Å². The molecule has 3 saturated carbocycles. The van der Waals surface area contributed by atoms with Crippen LogP contribution in [0, 0.1) is 44.8 Å². The van der Waals surface area contributed by atoms with E-state index in [1.54, 1.807) is 6.92 Å². The van der Waals surface area contributed by atoms with Crippen molar-refractivity contribution in [1.29, 1.82) is 0 Å². The Hall–Kier alpha value is -0.610. The van der Waals surface area contributed by atoms with Crippen LogP contribution in [0.4, 0.5) is 0 Å². The van der Waals surface area contributed by atoms with Gasteiger partial charge in [-0.1, -0.05) is 34.6 Å². The van der Waals surface area contributed by atoms with Crippen LogP contribution in [-0.4, -0.2) is 37.2 Å². The van der Waals surface area contributed by atoms with Gasteiger partial charge < -0.3 is 15.4 Å². The van der Waals surface area contributed by atoms with Gasteiger partial charge in [0.25, 0.3) is 0 Å². The molecular formula is C32H56N2O2. The van der Waals surface area contributed by atoms with Crippen molar-refractivity contribution in [2.45, 2.75) is 131 Å². The minimum Gasteiger partial charge on any atom is -0.465 e. The van der Waals surface area contributed by atoms with Gasteiger partial charge in [-0.15, -0.1) is 0 Å². The van der Waals surface area contributed by atoms with E-state index < -0.39 is 0 Å². The van der Waals surface area contributed by atoms with Gasteiger partial charge in [0.1, 0.15) is 0 Å². The maximum atomic E-state index is 11.9. The second-order valence-electron chi connectivity index (χ2n) is 16.1. The lowest BCUT2D eigenvalue weighted by Gasteiger charge is -2.68. The summed E-state index contributed by atoms with van der Waals surface area (Å²) in [5.41, 5.74) is 1.71. The fourth-order valence-corrected chi connectivity index (χ4v) is 11.3. The maximum absolute atomic E-state index is 11.9. The summed E-state index contributed by atoms with van der Waals surface area (Å²) in [5, 5.41) is 8.20. The zero-order valence-electron chi connectivity index (χ0n) is 24.8. The van der Waals surface area contributed by atoms with E-state index in [0.29, 0.717) is 34.8 Å². The van der Waals surface area contributed by atoms with Crippen LogP contribution >= 0.6 is 0 Å². The Morgan fingerprint density at radius 3 is 2.28 bits per heavy atom. The molecule has 4 heteroatoms. The highest BCUT2D eigenvalue weighted by atomic mass is 16.5. The Morgan fingerprint density at radius 1 is 0.833 bits per heavy atom. The van der Waals surface area contributed by atoms with Gasteiger partial charge in [-0.3, -0.25) is 4.79 Å². The minimum atomic E-state index is -0.113. The molecule has 5 rings (SSSR count). The first kappa shape index (κ1) is 27.0. The molecule has 0 aromatic heterocycles. The third kappa shape index (κ3) is 3.93. The highest BCUT2D eigenvalue weighted by molar-refractivity contribution is 5.65. The number of nitrogens with one attached hydrogen (secondary N) is 2. The molecule has 0 bridgehead atoms. The van der Waals surface area contributed by atoms with E-state index in [4.69, 9.17) is 4.74 Å². The van der Waals surface area contributed by atoms with Gasteiger partial charge in [0.15, 0.2) is 0 Å². The van der Waals surface area contributed by atoms with Crippen molar-refractivity contribution in [2.24, 2.45) is 44.8 Å². The molecule has 8 atom stereocenters. The van der Waals surface area contributed by atoms with Crippen molar-refractivity contribution >= 4 is 5.97 Å². The third-order valence-electron chi connectivity index (χ3n) is 13.4. The zero-order valence-corrected chi connectivity index (χ0v) is 24.8. The van der Waals surface area contributed by atoms with E-state index in [1.807, 2.05) is 0 Å². The fourth-order valence-electron chi connectivity index (χ4n) is 11.3. The Kier molecular flexibility index (Phi) is 6.52. The summed E-state index contributed by atoms with van der Waals surface area (Å²) in [7, 11) is 0. The molecule has 206 valence electrons. The van der Waals surface area contributed by atoms with E-state index in [2.05, 4.69) is 59.1 Å². The molecule has 2 saturated heterocycles. The van der Waals surface area contributed by atoms with E-state index in [1.165, 1.54) is 64.2 Å². The average Bonchev–Trinajstić information content (AvgIpc) is 2.98. The zero-order chi connectivity index (χ0) is 26.2. The molecule has 2 N–H and O–H groups in total. The van der Waals surface area contributed by atoms with Crippen molar-refractivity contribution in [3.05, 3.63) is 0 Å². The molecule has 3 aliphatic carbocycles. The molecular weight excluding hydrogens is 444 g/mol. The number of carbonyl (C=O) groups is 1. The van der Waals surface area contributed by atoms with Crippen LogP contribution in [0.5, 0.6) is 0 Å². The Morgan fingerprint density at radius 2 is 1.56 bits per heavy atom. The van der Waals surface area contributed by atoms with Crippen LogP contribution in [0.1, 0.15) is 120 Å². The highest BCUT2D eigenvalue weighted by Crippen LogP contribution is 2.71. The van der Waals surface area contributed by atoms with Crippen LogP contribution in [-0.2, 0) is 9.53 Å².